The van der Waals surface area contributed by atoms with Crippen LogP contribution in [0.1, 0.15) is 15.9 Å². The zero-order valence-corrected chi connectivity index (χ0v) is 7.79. The first-order valence-corrected chi connectivity index (χ1v) is 4.61. The maximum absolute atomic E-state index is 11.5. The number of hydrogen-bond acceptors (Lipinski definition) is 1. The third kappa shape index (κ3) is 0.777. The Balaban J connectivity index is 2.59. The quantitative estimate of drug-likeness (QED) is 0.668. The molecule has 0 aromatic heterocycles. The maximum Gasteiger partial charge on any atom is 0.256 e. The maximum atomic E-state index is 11.5. The summed E-state index contributed by atoms with van der Waals surface area (Å²) >= 11 is 0. The van der Waals surface area contributed by atoms with Gasteiger partial charge in [-0.1, -0.05) is 18.2 Å². The zero-order valence-electron chi connectivity index (χ0n) is 7.79. The van der Waals surface area contributed by atoms with Crippen molar-refractivity contribution < 1.29 is 4.79 Å². The van der Waals surface area contributed by atoms with E-state index in [2.05, 4.69) is 18.3 Å². The minimum atomic E-state index is 0.0104. The number of nitrogens with one attached hydrogen (secondary N) is 1. The van der Waals surface area contributed by atoms with Crippen molar-refractivity contribution >= 4 is 22.4 Å². The highest BCUT2D eigenvalue weighted by atomic mass is 16.1. The van der Waals surface area contributed by atoms with Crippen LogP contribution in [-0.4, -0.2) is 5.91 Å². The summed E-state index contributed by atoms with van der Waals surface area (Å²) in [7, 11) is 0. The van der Waals surface area contributed by atoms with Gasteiger partial charge in [-0.2, -0.15) is 0 Å². The second-order valence-electron chi connectivity index (χ2n) is 3.61. The lowest BCUT2D eigenvalue weighted by atomic mass is 10.0. The molecule has 2 heteroatoms. The third-order valence-electron chi connectivity index (χ3n) is 2.75. The van der Waals surface area contributed by atoms with Gasteiger partial charge in [0.15, 0.2) is 0 Å². The third-order valence-corrected chi connectivity index (χ3v) is 2.75. The molecule has 68 valence electrons. The highest BCUT2D eigenvalue weighted by Gasteiger charge is 2.20. The van der Waals surface area contributed by atoms with E-state index in [0.717, 1.165) is 16.6 Å². The molecule has 0 fully saturated rings. The van der Waals surface area contributed by atoms with E-state index < -0.39 is 0 Å². The van der Waals surface area contributed by atoms with Crippen LogP contribution >= 0.6 is 0 Å². The molecule has 1 N–H and O–H groups in total. The van der Waals surface area contributed by atoms with Crippen LogP contribution in [0.15, 0.2) is 30.3 Å². The number of hydrogen-bond donors (Lipinski definition) is 1. The van der Waals surface area contributed by atoms with Gasteiger partial charge in [-0.3, -0.25) is 4.79 Å². The highest BCUT2D eigenvalue weighted by Crippen LogP contribution is 2.34. The van der Waals surface area contributed by atoms with Crippen LogP contribution in [0.4, 0.5) is 5.69 Å². The molecule has 0 spiro atoms. The molecular weight excluding hydrogens is 174 g/mol. The number of amides is 1. The van der Waals surface area contributed by atoms with Crippen LogP contribution in [0.25, 0.3) is 10.8 Å². The fourth-order valence-electron chi connectivity index (χ4n) is 2.04. The lowest BCUT2D eigenvalue weighted by Gasteiger charge is -2.02. The number of anilines is 1. The van der Waals surface area contributed by atoms with Crippen LogP contribution in [0.3, 0.4) is 0 Å². The van der Waals surface area contributed by atoms with E-state index in [1.807, 2.05) is 24.3 Å². The largest absolute Gasteiger partial charge is 0.321 e. The lowest BCUT2D eigenvalue weighted by molar-refractivity contribution is 0.103. The fraction of sp³-hybridized carbons (Fsp3) is 0.0833. The minimum Gasteiger partial charge on any atom is -0.321 e. The van der Waals surface area contributed by atoms with Crippen molar-refractivity contribution in [3.63, 3.8) is 0 Å². The topological polar surface area (TPSA) is 29.1 Å². The Morgan fingerprint density at radius 2 is 2.00 bits per heavy atom. The van der Waals surface area contributed by atoms with Gasteiger partial charge in [0.25, 0.3) is 5.91 Å². The van der Waals surface area contributed by atoms with Gasteiger partial charge in [0.05, 0.1) is 0 Å². The number of rotatable bonds is 0. The van der Waals surface area contributed by atoms with Crippen LogP contribution in [0, 0.1) is 6.92 Å². The van der Waals surface area contributed by atoms with Gasteiger partial charge in [-0.05, 0) is 30.0 Å². The van der Waals surface area contributed by atoms with Crippen molar-refractivity contribution in [1.29, 1.82) is 0 Å². The Labute approximate surface area is 81.5 Å². The van der Waals surface area contributed by atoms with Gasteiger partial charge in [-0.25, -0.2) is 0 Å². The lowest BCUT2D eigenvalue weighted by Crippen LogP contribution is -2.03. The molecule has 3 rings (SSSR count). The standard InChI is InChI=1S/C12H9NO/c1-7-5-6-9-11-8(7)3-2-4-10(11)13-12(9)14/h2-6H,1H3,(H,13,14). The summed E-state index contributed by atoms with van der Waals surface area (Å²) in [5.74, 6) is 0.0104. The Bertz CT molecular complexity index is 557. The molecule has 1 aliphatic heterocycles. The van der Waals surface area contributed by atoms with Gasteiger partial charge in [0, 0.05) is 16.6 Å². The van der Waals surface area contributed by atoms with Crippen LogP contribution < -0.4 is 5.32 Å². The molecular formula is C12H9NO. The molecule has 14 heavy (non-hydrogen) atoms. The van der Waals surface area contributed by atoms with Gasteiger partial charge in [0.2, 0.25) is 0 Å². The number of carbonyl (C=O) groups excluding carboxylic acids is 1. The van der Waals surface area contributed by atoms with Crippen LogP contribution in [-0.2, 0) is 0 Å². The average Bonchev–Trinajstić information content (AvgIpc) is 2.50. The summed E-state index contributed by atoms with van der Waals surface area (Å²) in [6.45, 7) is 2.06. The van der Waals surface area contributed by atoms with Crippen molar-refractivity contribution in [3.8, 4) is 0 Å². The fourth-order valence-corrected chi connectivity index (χ4v) is 2.04. The Morgan fingerprint density at radius 3 is 2.86 bits per heavy atom. The Hall–Kier alpha value is -1.83. The molecule has 0 atom stereocenters. The van der Waals surface area contributed by atoms with Crippen molar-refractivity contribution in [2.24, 2.45) is 0 Å². The molecule has 2 aromatic rings. The van der Waals surface area contributed by atoms with Gasteiger partial charge >= 0.3 is 0 Å². The number of benzene rings is 2. The zero-order chi connectivity index (χ0) is 9.71. The predicted octanol–water partition coefficient (Wildman–Crippen LogP) is 2.71. The van der Waals surface area contributed by atoms with E-state index in [1.54, 1.807) is 0 Å². The molecule has 0 radical (unpaired) electrons. The van der Waals surface area contributed by atoms with E-state index in [4.69, 9.17) is 0 Å². The Kier molecular flexibility index (Phi) is 1.27. The summed E-state index contributed by atoms with van der Waals surface area (Å²) in [4.78, 5) is 11.5. The van der Waals surface area contributed by atoms with Crippen molar-refractivity contribution in [2.45, 2.75) is 6.92 Å². The molecule has 2 nitrogen and oxygen atoms in total. The van der Waals surface area contributed by atoms with E-state index in [-0.39, 0.29) is 5.91 Å². The van der Waals surface area contributed by atoms with Crippen molar-refractivity contribution in [3.05, 3.63) is 41.5 Å². The molecule has 0 aliphatic carbocycles. The van der Waals surface area contributed by atoms with Crippen LogP contribution in [0.5, 0.6) is 0 Å². The first kappa shape index (κ1) is 7.56. The van der Waals surface area contributed by atoms with Crippen molar-refractivity contribution in [2.75, 3.05) is 5.32 Å². The summed E-state index contributed by atoms with van der Waals surface area (Å²) < 4.78 is 0. The molecule has 1 amide bonds. The summed E-state index contributed by atoms with van der Waals surface area (Å²) in [6.07, 6.45) is 0. The average molecular weight is 183 g/mol. The SMILES string of the molecule is Cc1ccc2c3c(cccc13)NC2=O. The second-order valence-corrected chi connectivity index (χ2v) is 3.61. The highest BCUT2D eigenvalue weighted by molar-refractivity contribution is 6.24. The second kappa shape index (κ2) is 2.35. The summed E-state index contributed by atoms with van der Waals surface area (Å²) in [5, 5.41) is 5.09. The normalized spacial score (nSPS) is 13.4. The smallest absolute Gasteiger partial charge is 0.256 e. The van der Waals surface area contributed by atoms with E-state index in [0.29, 0.717) is 0 Å². The Morgan fingerprint density at radius 1 is 1.14 bits per heavy atom. The van der Waals surface area contributed by atoms with Gasteiger partial charge < -0.3 is 5.32 Å². The summed E-state index contributed by atoms with van der Waals surface area (Å²) in [5.41, 5.74) is 2.94. The molecule has 1 heterocycles. The van der Waals surface area contributed by atoms with E-state index >= 15 is 0 Å². The van der Waals surface area contributed by atoms with E-state index in [1.165, 1.54) is 10.9 Å². The first-order valence-electron chi connectivity index (χ1n) is 4.61. The van der Waals surface area contributed by atoms with Gasteiger partial charge in [0.1, 0.15) is 0 Å². The van der Waals surface area contributed by atoms with Gasteiger partial charge in [-0.15, -0.1) is 0 Å². The molecule has 2 aromatic carbocycles. The monoisotopic (exact) mass is 183 g/mol. The van der Waals surface area contributed by atoms with Crippen LogP contribution in [0.2, 0.25) is 0 Å². The predicted molar refractivity (Wildman–Crippen MR) is 56.6 cm³/mol. The molecule has 0 bridgehead atoms. The molecule has 0 unspecified atom stereocenters. The number of carbonyl (C=O) groups is 1. The summed E-state index contributed by atoms with van der Waals surface area (Å²) in [6, 6.07) is 9.85. The molecule has 0 saturated carbocycles. The van der Waals surface area contributed by atoms with E-state index in [9.17, 15) is 4.79 Å². The van der Waals surface area contributed by atoms with Crippen molar-refractivity contribution in [1.82, 2.24) is 0 Å². The molecule has 0 saturated heterocycles. The number of aryl methyl sites for hydroxylation is 1. The molecule has 1 aliphatic rings. The minimum absolute atomic E-state index is 0.0104. The first-order chi connectivity index (χ1) is 6.77.